The quantitative estimate of drug-likeness (QED) is 0.369. The Bertz CT molecular complexity index is 1280. The summed E-state index contributed by atoms with van der Waals surface area (Å²) in [6.45, 7) is 1.15. The predicted molar refractivity (Wildman–Crippen MR) is 129 cm³/mol. The first kappa shape index (κ1) is 25.9. The molecule has 34 heavy (non-hydrogen) atoms. The Hall–Kier alpha value is -2.69. The molecule has 0 unspecified atom stereocenters. The zero-order chi connectivity index (χ0) is 25.1. The van der Waals surface area contributed by atoms with Gasteiger partial charge in [-0.05, 0) is 67.8 Å². The maximum absolute atomic E-state index is 13.4. The third kappa shape index (κ3) is 6.05. The van der Waals surface area contributed by atoms with E-state index in [-0.39, 0.29) is 21.3 Å². The summed E-state index contributed by atoms with van der Waals surface area (Å²) in [4.78, 5) is 13.6. The van der Waals surface area contributed by atoms with Crippen molar-refractivity contribution in [2.24, 2.45) is 0 Å². The first-order valence-electron chi connectivity index (χ1n) is 9.82. The molecule has 0 aliphatic carbocycles. The Balaban J connectivity index is 1.95. The Kier molecular flexibility index (Phi) is 7.84. The summed E-state index contributed by atoms with van der Waals surface area (Å²) >= 11 is 7.41. The molecule has 0 atom stereocenters. The van der Waals surface area contributed by atoms with Crippen molar-refractivity contribution in [3.63, 3.8) is 0 Å². The van der Waals surface area contributed by atoms with Crippen LogP contribution in [0.4, 0.5) is 24.5 Å². The number of aryl methyl sites for hydroxylation is 1. The third-order valence-corrected chi connectivity index (χ3v) is 7.69. The highest BCUT2D eigenvalue weighted by atomic mass is 35.5. The fourth-order valence-electron chi connectivity index (χ4n) is 3.02. The first-order chi connectivity index (χ1) is 15.9. The van der Waals surface area contributed by atoms with Crippen molar-refractivity contribution in [3.8, 4) is 0 Å². The van der Waals surface area contributed by atoms with E-state index in [1.165, 1.54) is 23.9 Å². The average molecular weight is 529 g/mol. The molecule has 11 heteroatoms. The highest BCUT2D eigenvalue weighted by Crippen LogP contribution is 2.34. The molecule has 3 aromatic carbocycles. The third-order valence-electron chi connectivity index (χ3n) is 4.82. The van der Waals surface area contributed by atoms with Gasteiger partial charge in [0.1, 0.15) is 6.54 Å². The number of nitrogens with zero attached hydrogens (tertiary/aromatic N) is 1. The molecule has 0 radical (unpaired) electrons. The minimum absolute atomic E-state index is 0.0317. The van der Waals surface area contributed by atoms with Crippen LogP contribution in [0.25, 0.3) is 0 Å². The molecule has 0 saturated carbocycles. The Morgan fingerprint density at radius 1 is 1.03 bits per heavy atom. The van der Waals surface area contributed by atoms with Gasteiger partial charge >= 0.3 is 6.18 Å². The molecule has 0 spiro atoms. The van der Waals surface area contributed by atoms with E-state index < -0.39 is 34.2 Å². The van der Waals surface area contributed by atoms with Gasteiger partial charge in [0.25, 0.3) is 10.0 Å². The number of carbonyl (C=O) groups excluding carboxylic acids is 1. The number of sulfonamides is 1. The van der Waals surface area contributed by atoms with Gasteiger partial charge in [0.05, 0.1) is 26.9 Å². The van der Waals surface area contributed by atoms with Gasteiger partial charge in [0.2, 0.25) is 5.91 Å². The number of hydrogen-bond acceptors (Lipinski definition) is 4. The summed E-state index contributed by atoms with van der Waals surface area (Å²) in [6.07, 6.45) is -2.78. The van der Waals surface area contributed by atoms with Crippen LogP contribution in [0, 0.1) is 6.92 Å². The standard InChI is InChI=1S/C23H20ClF3N2O3S2/c1-15-3-6-17(7-4-15)29(34(31,32)19-10-8-18(33-2)9-11-19)14-22(30)28-21-13-16(23(25,26)27)5-12-20(21)24/h3-13H,14H2,1-2H3,(H,28,30). The molecule has 0 aromatic heterocycles. The number of amides is 1. The highest BCUT2D eigenvalue weighted by Gasteiger charge is 2.32. The van der Waals surface area contributed by atoms with Gasteiger partial charge < -0.3 is 5.32 Å². The van der Waals surface area contributed by atoms with Gasteiger partial charge in [-0.25, -0.2) is 8.42 Å². The van der Waals surface area contributed by atoms with Gasteiger partial charge in [-0.2, -0.15) is 13.2 Å². The Morgan fingerprint density at radius 3 is 2.21 bits per heavy atom. The molecule has 0 heterocycles. The van der Waals surface area contributed by atoms with Crippen molar-refractivity contribution in [3.05, 3.63) is 82.9 Å². The van der Waals surface area contributed by atoms with Crippen molar-refractivity contribution in [2.45, 2.75) is 22.9 Å². The average Bonchev–Trinajstić information content (AvgIpc) is 2.79. The molecule has 0 aliphatic heterocycles. The number of anilines is 2. The molecule has 5 nitrogen and oxygen atoms in total. The van der Waals surface area contributed by atoms with Crippen LogP contribution >= 0.6 is 23.4 Å². The Labute approximate surface area is 205 Å². The second kappa shape index (κ2) is 10.3. The van der Waals surface area contributed by atoms with Crippen LogP contribution < -0.4 is 9.62 Å². The highest BCUT2D eigenvalue weighted by molar-refractivity contribution is 7.98. The van der Waals surface area contributed by atoms with Crippen LogP contribution in [-0.4, -0.2) is 27.1 Å². The minimum Gasteiger partial charge on any atom is -0.323 e. The number of rotatable bonds is 7. The van der Waals surface area contributed by atoms with Gasteiger partial charge in [0, 0.05) is 4.90 Å². The lowest BCUT2D eigenvalue weighted by Crippen LogP contribution is -2.38. The molecule has 0 fully saturated rings. The topological polar surface area (TPSA) is 66.5 Å². The second-order valence-corrected chi connectivity index (χ2v) is 10.4. The number of alkyl halides is 3. The van der Waals surface area contributed by atoms with Crippen LogP contribution in [0.3, 0.4) is 0 Å². The van der Waals surface area contributed by atoms with E-state index in [4.69, 9.17) is 11.6 Å². The van der Waals surface area contributed by atoms with E-state index in [2.05, 4.69) is 5.32 Å². The molecular formula is C23H20ClF3N2O3S2. The van der Waals surface area contributed by atoms with Crippen molar-refractivity contribution in [1.29, 1.82) is 0 Å². The van der Waals surface area contributed by atoms with E-state index in [1.807, 2.05) is 13.2 Å². The number of halogens is 4. The van der Waals surface area contributed by atoms with Gasteiger partial charge in [-0.1, -0.05) is 29.3 Å². The fraction of sp³-hybridized carbons (Fsp3) is 0.174. The van der Waals surface area contributed by atoms with Crippen molar-refractivity contribution >= 4 is 50.7 Å². The second-order valence-electron chi connectivity index (χ2n) is 7.26. The number of nitrogens with one attached hydrogen (secondary N) is 1. The minimum atomic E-state index is -4.63. The summed E-state index contributed by atoms with van der Waals surface area (Å²) < 4.78 is 66.9. The largest absolute Gasteiger partial charge is 0.416 e. The lowest BCUT2D eigenvalue weighted by molar-refractivity contribution is -0.137. The summed E-state index contributed by atoms with van der Waals surface area (Å²) in [5, 5.41) is 2.18. The SMILES string of the molecule is CSc1ccc(S(=O)(=O)N(CC(=O)Nc2cc(C(F)(F)F)ccc2Cl)c2ccc(C)cc2)cc1. The van der Waals surface area contributed by atoms with E-state index >= 15 is 0 Å². The lowest BCUT2D eigenvalue weighted by Gasteiger charge is -2.24. The molecule has 3 rings (SSSR count). The number of thioether (sulfide) groups is 1. The van der Waals surface area contributed by atoms with Gasteiger partial charge in [0.15, 0.2) is 0 Å². The van der Waals surface area contributed by atoms with Gasteiger partial charge in [-0.3, -0.25) is 9.10 Å². The first-order valence-corrected chi connectivity index (χ1v) is 12.9. The number of benzene rings is 3. The van der Waals surface area contributed by atoms with Crippen molar-refractivity contribution in [2.75, 3.05) is 22.4 Å². The monoisotopic (exact) mass is 528 g/mol. The number of hydrogen-bond donors (Lipinski definition) is 1. The zero-order valence-electron chi connectivity index (χ0n) is 18.1. The fourth-order valence-corrected chi connectivity index (χ4v) is 5.01. The van der Waals surface area contributed by atoms with Crippen molar-refractivity contribution < 1.29 is 26.4 Å². The van der Waals surface area contributed by atoms with Crippen LogP contribution in [-0.2, 0) is 21.0 Å². The van der Waals surface area contributed by atoms with Gasteiger partial charge in [-0.15, -0.1) is 11.8 Å². The maximum Gasteiger partial charge on any atom is 0.416 e. The van der Waals surface area contributed by atoms with E-state index in [0.717, 1.165) is 26.9 Å². The zero-order valence-corrected chi connectivity index (χ0v) is 20.4. The summed E-state index contributed by atoms with van der Waals surface area (Å²) in [5.41, 5.74) is -0.161. The van der Waals surface area contributed by atoms with Crippen LogP contribution in [0.15, 0.2) is 76.5 Å². The maximum atomic E-state index is 13.4. The molecule has 0 bridgehead atoms. The number of carbonyl (C=O) groups is 1. The summed E-state index contributed by atoms with van der Waals surface area (Å²) in [5.74, 6) is -0.855. The molecule has 1 N–H and O–H groups in total. The normalized spacial score (nSPS) is 11.8. The molecule has 0 aliphatic rings. The lowest BCUT2D eigenvalue weighted by atomic mass is 10.2. The summed E-state index contributed by atoms with van der Waals surface area (Å²) in [6, 6.07) is 15.1. The smallest absolute Gasteiger partial charge is 0.323 e. The van der Waals surface area contributed by atoms with Crippen LogP contribution in [0.2, 0.25) is 5.02 Å². The molecule has 1 amide bonds. The van der Waals surface area contributed by atoms with Crippen LogP contribution in [0.1, 0.15) is 11.1 Å². The van der Waals surface area contributed by atoms with E-state index in [1.54, 1.807) is 36.4 Å². The van der Waals surface area contributed by atoms with E-state index in [9.17, 15) is 26.4 Å². The Morgan fingerprint density at radius 2 is 1.65 bits per heavy atom. The van der Waals surface area contributed by atoms with E-state index in [0.29, 0.717) is 6.07 Å². The molecule has 180 valence electrons. The summed E-state index contributed by atoms with van der Waals surface area (Å²) in [7, 11) is -4.17. The molecule has 3 aromatic rings. The predicted octanol–water partition coefficient (Wildman–Crippen LogP) is 6.22. The molecular weight excluding hydrogens is 509 g/mol. The van der Waals surface area contributed by atoms with Crippen molar-refractivity contribution in [1.82, 2.24) is 0 Å². The van der Waals surface area contributed by atoms with Crippen LogP contribution in [0.5, 0.6) is 0 Å². The molecule has 0 saturated heterocycles.